The van der Waals surface area contributed by atoms with E-state index in [0.717, 1.165) is 30.5 Å². The molecule has 0 aliphatic heterocycles. The van der Waals surface area contributed by atoms with Crippen molar-refractivity contribution in [3.63, 3.8) is 0 Å². The molecular weight excluding hydrogens is 232 g/mol. The number of aromatic nitrogens is 1. The zero-order valence-electron chi connectivity index (χ0n) is 12.0. The molecule has 0 amide bonds. The van der Waals surface area contributed by atoms with Crippen molar-refractivity contribution in [2.24, 2.45) is 0 Å². The minimum Gasteiger partial charge on any atom is -0.398 e. The van der Waals surface area contributed by atoms with Gasteiger partial charge >= 0.3 is 0 Å². The van der Waals surface area contributed by atoms with Crippen LogP contribution in [0.25, 0.3) is 11.1 Å². The third kappa shape index (κ3) is 2.62. The van der Waals surface area contributed by atoms with E-state index < -0.39 is 0 Å². The minimum atomic E-state index is 0.809. The van der Waals surface area contributed by atoms with Gasteiger partial charge in [0.25, 0.3) is 0 Å². The molecule has 0 saturated heterocycles. The molecule has 2 heteroatoms. The summed E-state index contributed by atoms with van der Waals surface area (Å²) in [5.74, 6) is 0. The first-order valence-electron chi connectivity index (χ1n) is 7.05. The lowest BCUT2D eigenvalue weighted by molar-refractivity contribution is 1.05. The summed E-state index contributed by atoms with van der Waals surface area (Å²) in [6.45, 7) is 6.60. The number of rotatable bonds is 4. The van der Waals surface area contributed by atoms with E-state index in [4.69, 9.17) is 5.73 Å². The highest BCUT2D eigenvalue weighted by Gasteiger charge is 2.13. The van der Waals surface area contributed by atoms with E-state index in [-0.39, 0.29) is 0 Å². The molecule has 0 radical (unpaired) electrons. The Kier molecular flexibility index (Phi) is 4.20. The van der Waals surface area contributed by atoms with Crippen LogP contribution in [0.5, 0.6) is 0 Å². The smallest absolute Gasteiger partial charge is 0.0424 e. The van der Waals surface area contributed by atoms with Gasteiger partial charge in [0.1, 0.15) is 0 Å². The zero-order chi connectivity index (χ0) is 13.8. The number of nitrogens with zero attached hydrogens (tertiary/aromatic N) is 1. The van der Waals surface area contributed by atoms with Gasteiger partial charge < -0.3 is 5.73 Å². The predicted molar refractivity (Wildman–Crippen MR) is 82.2 cm³/mol. The predicted octanol–water partition coefficient (Wildman–Crippen LogP) is 4.02. The molecule has 2 N–H and O–H groups in total. The summed E-state index contributed by atoms with van der Waals surface area (Å²) in [4.78, 5) is 4.24. The Morgan fingerprint density at radius 3 is 2.11 bits per heavy atom. The van der Waals surface area contributed by atoms with Crippen LogP contribution in [0.2, 0.25) is 0 Å². The van der Waals surface area contributed by atoms with E-state index >= 15 is 0 Å². The Morgan fingerprint density at radius 1 is 1.00 bits per heavy atom. The summed E-state index contributed by atoms with van der Waals surface area (Å²) in [5, 5.41) is 0. The van der Waals surface area contributed by atoms with E-state index in [9.17, 15) is 0 Å². The van der Waals surface area contributed by atoms with Crippen LogP contribution in [0.15, 0.2) is 30.6 Å². The fourth-order valence-corrected chi connectivity index (χ4v) is 2.56. The first kappa shape index (κ1) is 13.6. The molecule has 0 fully saturated rings. The number of pyridine rings is 1. The Morgan fingerprint density at radius 2 is 1.63 bits per heavy atom. The molecule has 0 saturated carbocycles. The van der Waals surface area contributed by atoms with E-state index in [1.54, 1.807) is 6.20 Å². The summed E-state index contributed by atoms with van der Waals surface area (Å²) in [7, 11) is 0. The van der Waals surface area contributed by atoms with Gasteiger partial charge in [0.2, 0.25) is 0 Å². The molecule has 1 aromatic carbocycles. The fraction of sp³-hybridized carbons (Fsp3) is 0.353. The van der Waals surface area contributed by atoms with Crippen molar-refractivity contribution in [1.82, 2.24) is 4.98 Å². The van der Waals surface area contributed by atoms with Crippen molar-refractivity contribution in [2.75, 3.05) is 5.73 Å². The van der Waals surface area contributed by atoms with Crippen LogP contribution in [0, 0.1) is 0 Å². The van der Waals surface area contributed by atoms with Crippen molar-refractivity contribution in [3.8, 4) is 11.1 Å². The van der Waals surface area contributed by atoms with Gasteiger partial charge in [0, 0.05) is 23.6 Å². The van der Waals surface area contributed by atoms with Crippen molar-refractivity contribution in [1.29, 1.82) is 0 Å². The molecule has 0 aliphatic rings. The molecule has 1 heterocycles. The Balaban J connectivity index is 2.71. The largest absolute Gasteiger partial charge is 0.398 e. The lowest BCUT2D eigenvalue weighted by Gasteiger charge is -2.17. The molecule has 0 aliphatic carbocycles. The maximum Gasteiger partial charge on any atom is 0.0424 e. The van der Waals surface area contributed by atoms with Crippen LogP contribution < -0.4 is 5.73 Å². The molecule has 0 unspecified atom stereocenters. The van der Waals surface area contributed by atoms with Crippen molar-refractivity contribution >= 4 is 5.69 Å². The summed E-state index contributed by atoms with van der Waals surface area (Å²) in [6, 6.07) is 6.49. The Bertz CT molecular complexity index is 548. The van der Waals surface area contributed by atoms with E-state index in [1.165, 1.54) is 22.3 Å². The molecule has 2 nitrogen and oxygen atoms in total. The number of hydrogen-bond donors (Lipinski definition) is 1. The molecule has 1 aromatic heterocycles. The first-order chi connectivity index (χ1) is 9.21. The van der Waals surface area contributed by atoms with Gasteiger partial charge in [-0.3, -0.25) is 4.98 Å². The van der Waals surface area contributed by atoms with Crippen LogP contribution in [-0.4, -0.2) is 4.98 Å². The van der Waals surface area contributed by atoms with Crippen LogP contribution in [-0.2, 0) is 19.3 Å². The van der Waals surface area contributed by atoms with Gasteiger partial charge in [-0.05, 0) is 47.6 Å². The van der Waals surface area contributed by atoms with E-state index in [0.29, 0.717) is 0 Å². The molecule has 0 atom stereocenters. The lowest BCUT2D eigenvalue weighted by Crippen LogP contribution is -2.00. The third-order valence-electron chi connectivity index (χ3n) is 3.66. The van der Waals surface area contributed by atoms with Gasteiger partial charge in [-0.2, -0.15) is 0 Å². The highest BCUT2D eigenvalue weighted by Crippen LogP contribution is 2.33. The standard InChI is InChI=1S/C17H22N2/c1-4-12-9-13(5-2)17(14(6-3)10-12)15-11-19-8-7-16(15)18/h7-11H,4-6H2,1-3H3,(H2,18,19). The number of hydrogen-bond acceptors (Lipinski definition) is 2. The minimum absolute atomic E-state index is 0.809. The van der Waals surface area contributed by atoms with Crippen molar-refractivity contribution < 1.29 is 0 Å². The molecule has 2 rings (SSSR count). The average molecular weight is 254 g/mol. The number of nitrogen functional groups attached to an aromatic ring is 1. The van der Waals surface area contributed by atoms with Gasteiger partial charge in [0.15, 0.2) is 0 Å². The highest BCUT2D eigenvalue weighted by atomic mass is 14.7. The lowest BCUT2D eigenvalue weighted by atomic mass is 9.89. The van der Waals surface area contributed by atoms with Gasteiger partial charge in [-0.25, -0.2) is 0 Å². The van der Waals surface area contributed by atoms with Crippen LogP contribution in [0.1, 0.15) is 37.5 Å². The quantitative estimate of drug-likeness (QED) is 0.895. The molecule has 100 valence electrons. The van der Waals surface area contributed by atoms with E-state index in [1.807, 2.05) is 12.3 Å². The fourth-order valence-electron chi connectivity index (χ4n) is 2.56. The Hall–Kier alpha value is -1.83. The van der Waals surface area contributed by atoms with Gasteiger partial charge in [0.05, 0.1) is 0 Å². The van der Waals surface area contributed by atoms with Crippen LogP contribution in [0.3, 0.4) is 0 Å². The summed E-state index contributed by atoms with van der Waals surface area (Å²) >= 11 is 0. The first-order valence-corrected chi connectivity index (χ1v) is 7.05. The number of nitrogens with two attached hydrogens (primary N) is 1. The Labute approximate surface area is 115 Å². The van der Waals surface area contributed by atoms with Crippen LogP contribution in [0.4, 0.5) is 5.69 Å². The third-order valence-corrected chi connectivity index (χ3v) is 3.66. The molecule has 2 aromatic rings. The topological polar surface area (TPSA) is 38.9 Å². The summed E-state index contributed by atoms with van der Waals surface area (Å²) in [5.41, 5.74) is 13.4. The number of aryl methyl sites for hydroxylation is 3. The molecule has 0 bridgehead atoms. The monoisotopic (exact) mass is 254 g/mol. The summed E-state index contributed by atoms with van der Waals surface area (Å²) < 4.78 is 0. The maximum absolute atomic E-state index is 6.13. The SMILES string of the molecule is CCc1cc(CC)c(-c2cnccc2N)c(CC)c1. The second-order valence-electron chi connectivity index (χ2n) is 4.81. The van der Waals surface area contributed by atoms with Crippen molar-refractivity contribution in [3.05, 3.63) is 47.3 Å². The average Bonchev–Trinajstić information content (AvgIpc) is 2.46. The van der Waals surface area contributed by atoms with E-state index in [2.05, 4.69) is 37.9 Å². The second-order valence-corrected chi connectivity index (χ2v) is 4.81. The van der Waals surface area contributed by atoms with Gasteiger partial charge in [-0.1, -0.05) is 32.9 Å². The van der Waals surface area contributed by atoms with Gasteiger partial charge in [-0.15, -0.1) is 0 Å². The van der Waals surface area contributed by atoms with Crippen molar-refractivity contribution in [2.45, 2.75) is 40.0 Å². The molecule has 19 heavy (non-hydrogen) atoms. The summed E-state index contributed by atoms with van der Waals surface area (Å²) in [6.07, 6.45) is 6.74. The second kappa shape index (κ2) is 5.87. The normalized spacial score (nSPS) is 10.7. The highest BCUT2D eigenvalue weighted by molar-refractivity contribution is 5.80. The zero-order valence-corrected chi connectivity index (χ0v) is 12.0. The maximum atomic E-state index is 6.13. The molecular formula is C17H22N2. The van der Waals surface area contributed by atoms with Crippen LogP contribution >= 0.6 is 0 Å². The molecule has 0 spiro atoms. The number of benzene rings is 1. The number of anilines is 1.